The lowest BCUT2D eigenvalue weighted by Crippen LogP contribution is -2.24. The molecule has 2 rings (SSSR count). The third-order valence-corrected chi connectivity index (χ3v) is 3.03. The predicted molar refractivity (Wildman–Crippen MR) is 55.3 cm³/mol. The highest BCUT2D eigenvalue weighted by Crippen LogP contribution is 2.23. The largest absolute Gasteiger partial charge is 0.387 e. The fourth-order valence-corrected chi connectivity index (χ4v) is 2.12. The zero-order valence-electron chi connectivity index (χ0n) is 8.45. The molecule has 0 fully saturated rings. The molecule has 1 aliphatic rings. The van der Waals surface area contributed by atoms with E-state index in [1.165, 1.54) is 11.3 Å². The molecule has 76 valence electrons. The molecule has 0 aromatic carbocycles. The zero-order chi connectivity index (χ0) is 10.1. The molecular formula is C10H16N4. The number of fused-ring (bicyclic) bond motifs is 1. The predicted octanol–water partition coefficient (Wildman–Crippen LogP) is 0.851. The molecule has 1 atom stereocenters. The molecule has 4 nitrogen and oxygen atoms in total. The summed E-state index contributed by atoms with van der Waals surface area (Å²) in [5.41, 5.74) is 8.15. The summed E-state index contributed by atoms with van der Waals surface area (Å²) in [5.74, 6) is 0.533. The van der Waals surface area contributed by atoms with Gasteiger partial charge in [-0.05, 0) is 31.2 Å². The van der Waals surface area contributed by atoms with Crippen molar-refractivity contribution in [1.82, 2.24) is 9.78 Å². The fourth-order valence-electron chi connectivity index (χ4n) is 2.12. The molecule has 0 saturated carbocycles. The highest BCUT2D eigenvalue weighted by molar-refractivity contribution is 5.79. The maximum Gasteiger partial charge on any atom is 0.0940 e. The Bertz CT molecular complexity index is 353. The van der Waals surface area contributed by atoms with E-state index in [9.17, 15) is 0 Å². The number of rotatable bonds is 1. The van der Waals surface area contributed by atoms with E-state index >= 15 is 0 Å². The molecule has 0 aliphatic heterocycles. The lowest BCUT2D eigenvalue weighted by molar-refractivity contribution is 0.579. The SMILES string of the molecule is Cn1ncc2c1C[C@@H](C(=N)N)CCC2. The fraction of sp³-hybridized carbons (Fsp3) is 0.600. The van der Waals surface area contributed by atoms with Crippen LogP contribution in [-0.2, 0) is 19.9 Å². The van der Waals surface area contributed by atoms with Gasteiger partial charge in [0.1, 0.15) is 0 Å². The summed E-state index contributed by atoms with van der Waals surface area (Å²) in [5, 5.41) is 11.7. The van der Waals surface area contributed by atoms with Gasteiger partial charge in [0.25, 0.3) is 0 Å². The topological polar surface area (TPSA) is 67.7 Å². The molecule has 0 spiro atoms. The number of aryl methyl sites for hydroxylation is 2. The van der Waals surface area contributed by atoms with Gasteiger partial charge in [0, 0.05) is 18.7 Å². The van der Waals surface area contributed by atoms with Crippen molar-refractivity contribution in [2.75, 3.05) is 0 Å². The number of nitrogens with one attached hydrogen (secondary N) is 1. The van der Waals surface area contributed by atoms with Gasteiger partial charge in [-0.2, -0.15) is 5.10 Å². The van der Waals surface area contributed by atoms with E-state index in [0.717, 1.165) is 25.7 Å². The van der Waals surface area contributed by atoms with Crippen molar-refractivity contribution in [2.45, 2.75) is 25.7 Å². The molecule has 1 aromatic rings. The van der Waals surface area contributed by atoms with Gasteiger partial charge < -0.3 is 5.73 Å². The van der Waals surface area contributed by atoms with Crippen LogP contribution >= 0.6 is 0 Å². The normalized spacial score (nSPS) is 21.4. The first-order valence-corrected chi connectivity index (χ1v) is 5.02. The Morgan fingerprint density at radius 2 is 2.50 bits per heavy atom. The van der Waals surface area contributed by atoms with E-state index in [2.05, 4.69) is 5.10 Å². The van der Waals surface area contributed by atoms with Crippen LogP contribution in [0.2, 0.25) is 0 Å². The quantitative estimate of drug-likeness (QED) is 0.393. The Labute approximate surface area is 83.6 Å². The van der Waals surface area contributed by atoms with Crippen LogP contribution in [0.5, 0.6) is 0 Å². The molecule has 0 bridgehead atoms. The van der Waals surface area contributed by atoms with Crippen LogP contribution in [0.3, 0.4) is 0 Å². The minimum Gasteiger partial charge on any atom is -0.387 e. The maximum atomic E-state index is 7.50. The van der Waals surface area contributed by atoms with Gasteiger partial charge in [0.2, 0.25) is 0 Å². The van der Waals surface area contributed by atoms with Gasteiger partial charge >= 0.3 is 0 Å². The van der Waals surface area contributed by atoms with Gasteiger partial charge in [-0.15, -0.1) is 0 Å². The average molecular weight is 192 g/mol. The number of hydrogen-bond acceptors (Lipinski definition) is 2. The maximum absolute atomic E-state index is 7.50. The first-order valence-electron chi connectivity index (χ1n) is 5.02. The van der Waals surface area contributed by atoms with E-state index in [4.69, 9.17) is 11.1 Å². The Balaban J connectivity index is 2.29. The molecule has 0 amide bonds. The van der Waals surface area contributed by atoms with Crippen molar-refractivity contribution in [3.63, 3.8) is 0 Å². The monoisotopic (exact) mass is 192 g/mol. The lowest BCUT2D eigenvalue weighted by Gasteiger charge is -2.12. The summed E-state index contributed by atoms with van der Waals surface area (Å²) in [6, 6.07) is 0. The smallest absolute Gasteiger partial charge is 0.0940 e. The van der Waals surface area contributed by atoms with E-state index < -0.39 is 0 Å². The van der Waals surface area contributed by atoms with Gasteiger partial charge in [-0.1, -0.05) is 0 Å². The third-order valence-electron chi connectivity index (χ3n) is 3.03. The van der Waals surface area contributed by atoms with Gasteiger partial charge in [0.15, 0.2) is 0 Å². The highest BCUT2D eigenvalue weighted by Gasteiger charge is 2.21. The second-order valence-corrected chi connectivity index (χ2v) is 3.99. The molecule has 1 aliphatic carbocycles. The van der Waals surface area contributed by atoms with Crippen LogP contribution in [0.25, 0.3) is 0 Å². The molecule has 4 heteroatoms. The number of nitrogens with two attached hydrogens (primary N) is 1. The third kappa shape index (κ3) is 1.52. The lowest BCUT2D eigenvalue weighted by atomic mass is 9.99. The van der Waals surface area contributed by atoms with Gasteiger partial charge in [-0.3, -0.25) is 10.1 Å². The number of amidine groups is 1. The second kappa shape index (κ2) is 3.44. The molecule has 1 aromatic heterocycles. The van der Waals surface area contributed by atoms with Crippen molar-refractivity contribution in [2.24, 2.45) is 18.7 Å². The van der Waals surface area contributed by atoms with E-state index in [0.29, 0.717) is 5.84 Å². The summed E-state index contributed by atoms with van der Waals surface area (Å²) in [7, 11) is 1.96. The Hall–Kier alpha value is -1.32. The molecular weight excluding hydrogens is 176 g/mol. The van der Waals surface area contributed by atoms with Crippen LogP contribution in [0.4, 0.5) is 0 Å². The van der Waals surface area contributed by atoms with Crippen LogP contribution in [0.1, 0.15) is 24.1 Å². The summed E-state index contributed by atoms with van der Waals surface area (Å²) >= 11 is 0. The summed E-state index contributed by atoms with van der Waals surface area (Å²) in [6.45, 7) is 0. The Morgan fingerprint density at radius 1 is 1.71 bits per heavy atom. The van der Waals surface area contributed by atoms with Gasteiger partial charge in [-0.25, -0.2) is 0 Å². The molecule has 0 unspecified atom stereocenters. The standard InChI is InChI=1S/C10H16N4/c1-14-9-5-7(10(11)12)3-2-4-8(9)6-13-14/h6-7H,2-5H2,1H3,(H3,11,12)/t7-/m0/s1. The highest BCUT2D eigenvalue weighted by atomic mass is 15.3. The first-order chi connectivity index (χ1) is 6.68. The van der Waals surface area contributed by atoms with Crippen LogP contribution < -0.4 is 5.73 Å². The van der Waals surface area contributed by atoms with Crippen molar-refractivity contribution in [3.8, 4) is 0 Å². The zero-order valence-corrected chi connectivity index (χ0v) is 8.45. The molecule has 0 saturated heterocycles. The summed E-state index contributed by atoms with van der Waals surface area (Å²) in [6.07, 6.45) is 6.04. The minimum absolute atomic E-state index is 0.214. The second-order valence-electron chi connectivity index (χ2n) is 3.99. The molecule has 3 N–H and O–H groups in total. The number of nitrogens with zero attached hydrogens (tertiary/aromatic N) is 2. The van der Waals surface area contributed by atoms with E-state index in [1.807, 2.05) is 17.9 Å². The van der Waals surface area contributed by atoms with Crippen molar-refractivity contribution in [1.29, 1.82) is 5.41 Å². The Morgan fingerprint density at radius 3 is 3.21 bits per heavy atom. The van der Waals surface area contributed by atoms with Crippen molar-refractivity contribution >= 4 is 5.84 Å². The molecule has 1 heterocycles. The van der Waals surface area contributed by atoms with Crippen LogP contribution in [0, 0.1) is 11.3 Å². The van der Waals surface area contributed by atoms with Crippen LogP contribution in [-0.4, -0.2) is 15.6 Å². The summed E-state index contributed by atoms with van der Waals surface area (Å²) in [4.78, 5) is 0. The molecule has 0 radical (unpaired) electrons. The van der Waals surface area contributed by atoms with Gasteiger partial charge in [0.05, 0.1) is 12.0 Å². The van der Waals surface area contributed by atoms with Crippen molar-refractivity contribution < 1.29 is 0 Å². The Kier molecular flexibility index (Phi) is 2.27. The molecule has 14 heavy (non-hydrogen) atoms. The number of aromatic nitrogens is 2. The minimum atomic E-state index is 0.214. The average Bonchev–Trinajstić information content (AvgIpc) is 2.40. The van der Waals surface area contributed by atoms with E-state index in [1.54, 1.807) is 0 Å². The number of hydrogen-bond donors (Lipinski definition) is 2. The summed E-state index contributed by atoms with van der Waals surface area (Å²) < 4.78 is 1.91. The van der Waals surface area contributed by atoms with Crippen molar-refractivity contribution in [3.05, 3.63) is 17.5 Å². The van der Waals surface area contributed by atoms with Crippen LogP contribution in [0.15, 0.2) is 6.20 Å². The first kappa shape index (κ1) is 9.24. The van der Waals surface area contributed by atoms with E-state index in [-0.39, 0.29) is 5.92 Å².